The Labute approximate surface area is 86.5 Å². The average molecular weight is 293 g/mol. The predicted molar refractivity (Wildman–Crippen MR) is 51.7 cm³/mol. The molecule has 0 aliphatic carbocycles. The van der Waals surface area contributed by atoms with E-state index in [4.69, 9.17) is 5.26 Å². The van der Waals surface area contributed by atoms with Gasteiger partial charge in [-0.15, -0.1) is 0 Å². The lowest BCUT2D eigenvalue weighted by Crippen LogP contribution is -1.91. The van der Waals surface area contributed by atoms with Gasteiger partial charge in [0.1, 0.15) is 11.9 Å². The number of halogens is 3. The molecule has 0 N–H and O–H groups in total. The lowest BCUT2D eigenvalue weighted by Gasteiger charge is -2.03. The van der Waals surface area contributed by atoms with E-state index in [9.17, 15) is 4.39 Å². The molecular weight excluding hydrogens is 289 g/mol. The number of benzene rings is 1. The van der Waals surface area contributed by atoms with Crippen molar-refractivity contribution in [1.29, 1.82) is 5.26 Å². The first-order valence-corrected chi connectivity index (χ1v) is 4.96. The quantitative estimate of drug-likeness (QED) is 0.727. The van der Waals surface area contributed by atoms with Crippen molar-refractivity contribution in [1.82, 2.24) is 0 Å². The van der Waals surface area contributed by atoms with Gasteiger partial charge in [-0.05, 0) is 6.07 Å². The molecule has 1 aromatic rings. The molecule has 1 nitrogen and oxygen atoms in total. The van der Waals surface area contributed by atoms with Gasteiger partial charge in [-0.3, -0.25) is 0 Å². The third-order valence-corrected chi connectivity index (χ3v) is 2.37. The number of hydrogen-bond donors (Lipinski definition) is 0. The lowest BCUT2D eigenvalue weighted by atomic mass is 10.1. The molecule has 0 heterocycles. The van der Waals surface area contributed by atoms with Crippen molar-refractivity contribution in [2.24, 2.45) is 0 Å². The molecule has 1 rings (SSSR count). The number of nitrogens with zero attached hydrogens (tertiary/aromatic N) is 1. The fourth-order valence-corrected chi connectivity index (χ4v) is 1.51. The van der Waals surface area contributed by atoms with Crippen LogP contribution in [0.1, 0.15) is 14.9 Å². The summed E-state index contributed by atoms with van der Waals surface area (Å²) in [5, 5.41) is 8.50. The highest BCUT2D eigenvalue weighted by molar-refractivity contribution is 9.24. The zero-order valence-electron chi connectivity index (χ0n) is 5.89. The monoisotopic (exact) mass is 291 g/mol. The van der Waals surface area contributed by atoms with Crippen molar-refractivity contribution in [2.45, 2.75) is 3.74 Å². The minimum Gasteiger partial charge on any atom is -0.205 e. The van der Waals surface area contributed by atoms with Crippen LogP contribution in [-0.4, -0.2) is 0 Å². The van der Waals surface area contributed by atoms with Gasteiger partial charge < -0.3 is 0 Å². The minimum absolute atomic E-state index is 0.0661. The summed E-state index contributed by atoms with van der Waals surface area (Å²) in [5.41, 5.74) is 0.505. The Kier molecular flexibility index (Phi) is 3.24. The van der Waals surface area contributed by atoms with Crippen molar-refractivity contribution in [3.63, 3.8) is 0 Å². The second kappa shape index (κ2) is 4.01. The second-order valence-electron chi connectivity index (χ2n) is 2.12. The Balaban J connectivity index is 3.25. The molecule has 0 bridgehead atoms. The number of rotatable bonds is 1. The van der Waals surface area contributed by atoms with E-state index < -0.39 is 5.82 Å². The van der Waals surface area contributed by atoms with Crippen molar-refractivity contribution in [2.75, 3.05) is 0 Å². The normalized spacial score (nSPS) is 9.92. The van der Waals surface area contributed by atoms with Gasteiger partial charge in [-0.1, -0.05) is 44.0 Å². The molecule has 12 heavy (non-hydrogen) atoms. The largest absolute Gasteiger partial charge is 0.205 e. The maximum atomic E-state index is 13.2. The predicted octanol–water partition coefficient (Wildman–Crippen LogP) is 3.49. The number of hydrogen-bond acceptors (Lipinski definition) is 1. The fourth-order valence-electron chi connectivity index (χ4n) is 0.805. The van der Waals surface area contributed by atoms with Crippen LogP contribution in [0.2, 0.25) is 0 Å². The molecule has 0 spiro atoms. The molecule has 0 saturated carbocycles. The zero-order valence-corrected chi connectivity index (χ0v) is 9.06. The van der Waals surface area contributed by atoms with Crippen molar-refractivity contribution >= 4 is 31.9 Å². The van der Waals surface area contributed by atoms with Crippen LogP contribution in [0, 0.1) is 17.1 Å². The molecule has 62 valence electrons. The highest BCUT2D eigenvalue weighted by Gasteiger charge is 2.11. The van der Waals surface area contributed by atoms with E-state index in [1.807, 2.05) is 0 Å². The molecule has 4 heteroatoms. The molecule has 0 aliphatic rings. The van der Waals surface area contributed by atoms with Gasteiger partial charge in [-0.25, -0.2) is 4.39 Å². The van der Waals surface area contributed by atoms with Gasteiger partial charge in [0, 0.05) is 5.56 Å². The van der Waals surface area contributed by atoms with Crippen LogP contribution in [0.15, 0.2) is 18.2 Å². The summed E-state index contributed by atoms with van der Waals surface area (Å²) >= 11 is 6.33. The SMILES string of the molecule is N#Cc1cccc(C(Br)Br)c1F. The first-order valence-electron chi connectivity index (χ1n) is 3.13. The molecule has 1 aromatic carbocycles. The summed E-state index contributed by atoms with van der Waals surface area (Å²) < 4.78 is 13.0. The summed E-state index contributed by atoms with van der Waals surface area (Å²) in [4.78, 5) is 0. The van der Waals surface area contributed by atoms with Crippen molar-refractivity contribution in [3.8, 4) is 6.07 Å². The number of nitriles is 1. The first-order chi connectivity index (χ1) is 5.66. The van der Waals surface area contributed by atoms with Gasteiger partial charge in [0.15, 0.2) is 0 Å². The van der Waals surface area contributed by atoms with E-state index in [1.54, 1.807) is 18.2 Å². The van der Waals surface area contributed by atoms with Crippen LogP contribution in [0.25, 0.3) is 0 Å². The van der Waals surface area contributed by atoms with E-state index in [0.29, 0.717) is 5.56 Å². The maximum Gasteiger partial charge on any atom is 0.146 e. The van der Waals surface area contributed by atoms with Gasteiger partial charge in [-0.2, -0.15) is 5.26 Å². The van der Waals surface area contributed by atoms with Gasteiger partial charge in [0.2, 0.25) is 0 Å². The van der Waals surface area contributed by atoms with E-state index in [0.717, 1.165) is 0 Å². The Morgan fingerprint density at radius 1 is 1.42 bits per heavy atom. The van der Waals surface area contributed by atoms with Crippen LogP contribution in [0.5, 0.6) is 0 Å². The minimum atomic E-state index is -0.473. The Bertz CT molecular complexity index is 330. The molecule has 0 saturated heterocycles. The molecular formula is C8H4Br2FN. The zero-order chi connectivity index (χ0) is 9.14. The Hall–Kier alpha value is -0.400. The van der Waals surface area contributed by atoms with Crippen LogP contribution in [0.4, 0.5) is 4.39 Å². The molecule has 0 aromatic heterocycles. The van der Waals surface area contributed by atoms with Gasteiger partial charge in [0.25, 0.3) is 0 Å². The third kappa shape index (κ3) is 1.85. The average Bonchev–Trinajstić information content (AvgIpc) is 2.04. The Morgan fingerprint density at radius 2 is 2.08 bits per heavy atom. The summed E-state index contributed by atoms with van der Waals surface area (Å²) in [7, 11) is 0. The van der Waals surface area contributed by atoms with E-state index in [-0.39, 0.29) is 9.30 Å². The fraction of sp³-hybridized carbons (Fsp3) is 0.125. The van der Waals surface area contributed by atoms with Crippen LogP contribution >= 0.6 is 31.9 Å². The van der Waals surface area contributed by atoms with Crippen molar-refractivity contribution in [3.05, 3.63) is 35.1 Å². The van der Waals surface area contributed by atoms with Gasteiger partial charge >= 0.3 is 0 Å². The molecule has 0 radical (unpaired) electrons. The summed E-state index contributed by atoms with van der Waals surface area (Å²) in [6, 6.07) is 6.48. The standard InChI is InChI=1S/C8H4Br2FN/c9-8(10)6-3-1-2-5(4-12)7(6)11/h1-3,8H. The molecule has 0 unspecified atom stereocenters. The Morgan fingerprint density at radius 3 is 2.58 bits per heavy atom. The van der Waals surface area contributed by atoms with Crippen LogP contribution in [0.3, 0.4) is 0 Å². The second-order valence-corrected chi connectivity index (χ2v) is 5.18. The van der Waals surface area contributed by atoms with Gasteiger partial charge in [0.05, 0.1) is 9.30 Å². The van der Waals surface area contributed by atoms with Crippen molar-refractivity contribution < 1.29 is 4.39 Å². The smallest absolute Gasteiger partial charge is 0.146 e. The first kappa shape index (κ1) is 9.69. The molecule has 0 aliphatic heterocycles. The summed E-state index contributed by atoms with van der Waals surface area (Å²) in [5.74, 6) is -0.473. The molecule has 0 atom stereocenters. The highest BCUT2D eigenvalue weighted by Crippen LogP contribution is 2.31. The lowest BCUT2D eigenvalue weighted by molar-refractivity contribution is 0.613. The van der Waals surface area contributed by atoms with Crippen LogP contribution < -0.4 is 0 Å². The summed E-state index contributed by atoms with van der Waals surface area (Å²) in [6.45, 7) is 0. The molecule has 0 fully saturated rings. The summed E-state index contributed by atoms with van der Waals surface area (Å²) in [6.07, 6.45) is 0. The third-order valence-electron chi connectivity index (χ3n) is 1.38. The maximum absolute atomic E-state index is 13.2. The van der Waals surface area contributed by atoms with E-state index in [1.165, 1.54) is 6.07 Å². The van der Waals surface area contributed by atoms with E-state index >= 15 is 0 Å². The highest BCUT2D eigenvalue weighted by atomic mass is 79.9. The topological polar surface area (TPSA) is 23.8 Å². The molecule has 0 amide bonds. The van der Waals surface area contributed by atoms with E-state index in [2.05, 4.69) is 31.9 Å². The van der Waals surface area contributed by atoms with Crippen LogP contribution in [-0.2, 0) is 0 Å². The number of alkyl halides is 2.